The minimum atomic E-state index is 0.491. The van der Waals surface area contributed by atoms with Gasteiger partial charge in [-0.2, -0.15) is 0 Å². The summed E-state index contributed by atoms with van der Waals surface area (Å²) in [6.07, 6.45) is 0. The van der Waals surface area contributed by atoms with Crippen molar-refractivity contribution in [2.24, 2.45) is 0 Å². The Morgan fingerprint density at radius 1 is 1.33 bits per heavy atom. The van der Waals surface area contributed by atoms with Gasteiger partial charge in [0.05, 0.1) is 15.4 Å². The van der Waals surface area contributed by atoms with Crippen LogP contribution in [0.3, 0.4) is 0 Å². The quantitative estimate of drug-likeness (QED) is 0.520. The molecule has 3 aromatic rings. The van der Waals surface area contributed by atoms with Crippen molar-refractivity contribution >= 4 is 49.9 Å². The van der Waals surface area contributed by atoms with Crippen molar-refractivity contribution in [1.82, 2.24) is 14.6 Å². The molecule has 0 saturated carbocycles. The molecular weight excluding hydrogens is 250 g/mol. The third-order valence-electron chi connectivity index (χ3n) is 2.09. The monoisotopic (exact) mass is 255 g/mol. The van der Waals surface area contributed by atoms with E-state index in [2.05, 4.69) is 22.3 Å². The number of fused-ring (bicyclic) bond motifs is 3. The highest BCUT2D eigenvalue weighted by Crippen LogP contribution is 2.29. The number of thioether (sulfide) groups is 1. The molecule has 0 aliphatic rings. The van der Waals surface area contributed by atoms with Gasteiger partial charge < -0.3 is 0 Å². The van der Waals surface area contributed by atoms with Crippen molar-refractivity contribution < 1.29 is 0 Å². The van der Waals surface area contributed by atoms with Crippen LogP contribution in [-0.4, -0.2) is 19.8 Å². The molecule has 6 heteroatoms. The Morgan fingerprint density at radius 3 is 3.07 bits per heavy atom. The Balaban J connectivity index is 2.38. The Morgan fingerprint density at radius 2 is 2.20 bits per heavy atom. The highest BCUT2D eigenvalue weighted by atomic mass is 35.5. The molecule has 3 nitrogen and oxygen atoms in total. The van der Waals surface area contributed by atoms with Crippen LogP contribution in [-0.2, 0) is 0 Å². The SMILES string of the molecule is ClCSc1nnc2sc3ccccc3n12. The van der Waals surface area contributed by atoms with Crippen LogP contribution in [0.15, 0.2) is 29.4 Å². The van der Waals surface area contributed by atoms with E-state index in [-0.39, 0.29) is 0 Å². The van der Waals surface area contributed by atoms with E-state index in [4.69, 9.17) is 11.6 Å². The standard InChI is InChI=1S/C9H6ClN3S2/c10-5-14-8-11-12-9-13(8)6-3-1-2-4-7(6)15-9/h1-4H,5H2. The van der Waals surface area contributed by atoms with Crippen LogP contribution in [0.2, 0.25) is 0 Å². The smallest absolute Gasteiger partial charge is 0.217 e. The molecule has 1 aromatic carbocycles. The fourth-order valence-electron chi connectivity index (χ4n) is 1.50. The first-order chi connectivity index (χ1) is 7.40. The first kappa shape index (κ1) is 9.45. The number of alkyl halides is 1. The number of aromatic nitrogens is 3. The zero-order chi connectivity index (χ0) is 10.3. The van der Waals surface area contributed by atoms with E-state index >= 15 is 0 Å². The van der Waals surface area contributed by atoms with Gasteiger partial charge in [0.1, 0.15) is 0 Å². The van der Waals surface area contributed by atoms with Gasteiger partial charge in [0, 0.05) is 0 Å². The van der Waals surface area contributed by atoms with Gasteiger partial charge in [0.2, 0.25) is 4.96 Å². The summed E-state index contributed by atoms with van der Waals surface area (Å²) in [5, 5.41) is 9.57. The Labute approximate surface area is 99.1 Å². The van der Waals surface area contributed by atoms with Crippen LogP contribution in [0.1, 0.15) is 0 Å². The van der Waals surface area contributed by atoms with Gasteiger partial charge in [-0.1, -0.05) is 35.2 Å². The number of para-hydroxylation sites is 1. The van der Waals surface area contributed by atoms with Crippen LogP contribution in [0.25, 0.3) is 15.2 Å². The Bertz CT molecular complexity index is 616. The first-order valence-electron chi connectivity index (χ1n) is 4.31. The topological polar surface area (TPSA) is 30.2 Å². The summed E-state index contributed by atoms with van der Waals surface area (Å²) >= 11 is 8.83. The number of hydrogen-bond acceptors (Lipinski definition) is 4. The van der Waals surface area contributed by atoms with Gasteiger partial charge in [0.15, 0.2) is 5.16 Å². The summed E-state index contributed by atoms with van der Waals surface area (Å²) in [6.45, 7) is 0. The fraction of sp³-hybridized carbons (Fsp3) is 0.111. The predicted octanol–water partition coefficient (Wildman–Crippen LogP) is 3.23. The van der Waals surface area contributed by atoms with Crippen molar-refractivity contribution in [2.75, 3.05) is 5.21 Å². The van der Waals surface area contributed by atoms with Gasteiger partial charge >= 0.3 is 0 Å². The van der Waals surface area contributed by atoms with Crippen LogP contribution in [0.4, 0.5) is 0 Å². The van der Waals surface area contributed by atoms with E-state index in [0.717, 1.165) is 15.6 Å². The minimum absolute atomic E-state index is 0.491. The number of hydrogen-bond donors (Lipinski definition) is 0. The largest absolute Gasteiger partial charge is 0.260 e. The summed E-state index contributed by atoms with van der Waals surface area (Å²) < 4.78 is 3.27. The van der Waals surface area contributed by atoms with Gasteiger partial charge in [-0.25, -0.2) is 0 Å². The Kier molecular flexibility index (Phi) is 2.31. The van der Waals surface area contributed by atoms with E-state index in [1.807, 2.05) is 16.5 Å². The fourth-order valence-corrected chi connectivity index (χ4v) is 3.32. The second kappa shape index (κ2) is 3.66. The average molecular weight is 256 g/mol. The lowest BCUT2D eigenvalue weighted by molar-refractivity contribution is 0.943. The van der Waals surface area contributed by atoms with Gasteiger partial charge in [-0.15, -0.1) is 21.8 Å². The molecule has 0 radical (unpaired) electrons. The summed E-state index contributed by atoms with van der Waals surface area (Å²) in [7, 11) is 0. The molecule has 0 spiro atoms. The maximum absolute atomic E-state index is 5.70. The molecule has 0 amide bonds. The maximum Gasteiger partial charge on any atom is 0.217 e. The number of benzene rings is 1. The predicted molar refractivity (Wildman–Crippen MR) is 64.9 cm³/mol. The lowest BCUT2D eigenvalue weighted by atomic mass is 10.3. The molecule has 15 heavy (non-hydrogen) atoms. The van der Waals surface area contributed by atoms with Crippen molar-refractivity contribution in [3.63, 3.8) is 0 Å². The average Bonchev–Trinajstić information content (AvgIpc) is 2.78. The highest BCUT2D eigenvalue weighted by molar-refractivity contribution is 8.00. The normalized spacial score (nSPS) is 11.5. The molecule has 0 bridgehead atoms. The third kappa shape index (κ3) is 1.42. The van der Waals surface area contributed by atoms with E-state index in [1.165, 1.54) is 16.5 Å². The lowest BCUT2D eigenvalue weighted by Gasteiger charge is -1.94. The van der Waals surface area contributed by atoms with E-state index in [9.17, 15) is 0 Å². The maximum atomic E-state index is 5.70. The number of rotatable bonds is 2. The van der Waals surface area contributed by atoms with Gasteiger partial charge in [0.25, 0.3) is 0 Å². The molecule has 0 atom stereocenters. The summed E-state index contributed by atoms with van der Waals surface area (Å²) in [5.74, 6) is 0. The minimum Gasteiger partial charge on any atom is -0.260 e. The second-order valence-corrected chi connectivity index (χ2v) is 5.46. The molecule has 2 heterocycles. The van der Waals surface area contributed by atoms with E-state index in [0.29, 0.717) is 5.21 Å². The molecule has 0 unspecified atom stereocenters. The number of thiazole rings is 1. The van der Waals surface area contributed by atoms with E-state index < -0.39 is 0 Å². The summed E-state index contributed by atoms with van der Waals surface area (Å²) in [5.41, 5.74) is 1.15. The number of nitrogens with zero attached hydrogens (tertiary/aromatic N) is 3. The van der Waals surface area contributed by atoms with Crippen molar-refractivity contribution in [3.8, 4) is 0 Å². The molecule has 0 fully saturated rings. The molecule has 0 N–H and O–H groups in total. The van der Waals surface area contributed by atoms with Crippen LogP contribution in [0, 0.1) is 0 Å². The zero-order valence-corrected chi connectivity index (χ0v) is 9.94. The van der Waals surface area contributed by atoms with Crippen LogP contribution >= 0.6 is 34.7 Å². The second-order valence-electron chi connectivity index (χ2n) is 2.92. The third-order valence-corrected chi connectivity index (χ3v) is 4.07. The van der Waals surface area contributed by atoms with Crippen molar-refractivity contribution in [1.29, 1.82) is 0 Å². The van der Waals surface area contributed by atoms with Crippen molar-refractivity contribution in [2.45, 2.75) is 5.16 Å². The highest BCUT2D eigenvalue weighted by Gasteiger charge is 2.11. The molecule has 2 aromatic heterocycles. The summed E-state index contributed by atoms with van der Waals surface area (Å²) in [4.78, 5) is 0.920. The van der Waals surface area contributed by atoms with E-state index in [1.54, 1.807) is 11.3 Å². The lowest BCUT2D eigenvalue weighted by Crippen LogP contribution is -1.84. The molecular formula is C9H6ClN3S2. The van der Waals surface area contributed by atoms with Gasteiger partial charge in [-0.3, -0.25) is 4.40 Å². The molecule has 0 aliphatic heterocycles. The van der Waals surface area contributed by atoms with Crippen LogP contribution in [0.5, 0.6) is 0 Å². The summed E-state index contributed by atoms with van der Waals surface area (Å²) in [6, 6.07) is 8.20. The molecule has 76 valence electrons. The van der Waals surface area contributed by atoms with Crippen LogP contribution < -0.4 is 0 Å². The first-order valence-corrected chi connectivity index (χ1v) is 6.65. The molecule has 0 saturated heterocycles. The Hall–Kier alpha value is -0.780. The molecule has 3 rings (SSSR count). The number of halogens is 1. The van der Waals surface area contributed by atoms with Gasteiger partial charge in [-0.05, 0) is 12.1 Å². The zero-order valence-electron chi connectivity index (χ0n) is 7.55. The van der Waals surface area contributed by atoms with Crippen molar-refractivity contribution in [3.05, 3.63) is 24.3 Å². The molecule has 0 aliphatic carbocycles.